The van der Waals surface area contributed by atoms with Gasteiger partial charge in [-0.15, -0.1) is 0 Å². The molecule has 1 heterocycles. The van der Waals surface area contributed by atoms with Crippen molar-refractivity contribution in [3.8, 4) is 11.5 Å². The Balaban J connectivity index is 2.27. The Hall–Kier alpha value is -1.75. The van der Waals surface area contributed by atoms with E-state index in [2.05, 4.69) is 15.5 Å². The third-order valence-electron chi connectivity index (χ3n) is 2.49. The van der Waals surface area contributed by atoms with Crippen LogP contribution in [0.3, 0.4) is 0 Å². The molecule has 90 valence electrons. The summed E-state index contributed by atoms with van der Waals surface area (Å²) in [7, 11) is 1.85. The van der Waals surface area contributed by atoms with Gasteiger partial charge in [-0.05, 0) is 25.6 Å². The van der Waals surface area contributed by atoms with Gasteiger partial charge in [0.25, 0.3) is 5.89 Å². The minimum absolute atomic E-state index is 0.234. The molecule has 4 nitrogen and oxygen atoms in total. The molecule has 0 saturated carbocycles. The van der Waals surface area contributed by atoms with E-state index < -0.39 is 0 Å². The molecule has 0 radical (unpaired) electrons. The van der Waals surface area contributed by atoms with E-state index in [1.807, 2.05) is 7.05 Å². The molecule has 2 rings (SSSR count). The maximum atomic E-state index is 13.8. The zero-order valence-electron chi connectivity index (χ0n) is 9.83. The van der Waals surface area contributed by atoms with Gasteiger partial charge in [0, 0.05) is 13.0 Å². The molecular formula is C12H14FN3O. The molecule has 1 aromatic carbocycles. The van der Waals surface area contributed by atoms with E-state index in [1.54, 1.807) is 25.1 Å². The summed E-state index contributed by atoms with van der Waals surface area (Å²) in [4.78, 5) is 4.16. The summed E-state index contributed by atoms with van der Waals surface area (Å²) in [5.74, 6) is 0.504. The maximum absolute atomic E-state index is 13.8. The van der Waals surface area contributed by atoms with Gasteiger partial charge < -0.3 is 9.84 Å². The maximum Gasteiger partial charge on any atom is 0.260 e. The molecule has 0 atom stereocenters. The predicted molar refractivity (Wildman–Crippen MR) is 62.1 cm³/mol. The molecule has 2 aromatic rings. The molecule has 0 aliphatic carbocycles. The molecule has 0 amide bonds. The third kappa shape index (κ3) is 2.50. The number of aryl methyl sites for hydroxylation is 1. The van der Waals surface area contributed by atoms with Gasteiger partial charge in [0.2, 0.25) is 0 Å². The zero-order chi connectivity index (χ0) is 12.3. The van der Waals surface area contributed by atoms with Crippen LogP contribution in [-0.2, 0) is 6.42 Å². The van der Waals surface area contributed by atoms with E-state index in [0.29, 0.717) is 23.4 Å². The Morgan fingerprint density at radius 2 is 2.24 bits per heavy atom. The fourth-order valence-corrected chi connectivity index (χ4v) is 1.51. The molecule has 0 saturated heterocycles. The van der Waals surface area contributed by atoms with E-state index in [-0.39, 0.29) is 11.7 Å². The molecule has 1 N–H and O–H groups in total. The first-order chi connectivity index (χ1) is 8.22. The predicted octanol–water partition coefficient (Wildman–Crippen LogP) is 1.95. The molecule has 17 heavy (non-hydrogen) atoms. The number of benzene rings is 1. The van der Waals surface area contributed by atoms with Crippen molar-refractivity contribution in [1.29, 1.82) is 0 Å². The Bertz CT molecular complexity index is 510. The summed E-state index contributed by atoms with van der Waals surface area (Å²) in [6, 6.07) is 5.11. The van der Waals surface area contributed by atoms with Gasteiger partial charge in [0.05, 0.1) is 5.56 Å². The number of rotatable bonds is 4. The quantitative estimate of drug-likeness (QED) is 0.880. The third-order valence-corrected chi connectivity index (χ3v) is 2.49. The second-order valence-corrected chi connectivity index (χ2v) is 3.81. The lowest BCUT2D eigenvalue weighted by Gasteiger charge is -1.99. The smallest absolute Gasteiger partial charge is 0.260 e. The monoisotopic (exact) mass is 235 g/mol. The first kappa shape index (κ1) is 11.7. The van der Waals surface area contributed by atoms with Crippen LogP contribution in [0.25, 0.3) is 11.5 Å². The van der Waals surface area contributed by atoms with Crippen LogP contribution in [0.2, 0.25) is 0 Å². The van der Waals surface area contributed by atoms with Crippen LogP contribution < -0.4 is 5.32 Å². The molecular weight excluding hydrogens is 221 g/mol. The number of nitrogens with zero attached hydrogens (tertiary/aromatic N) is 2. The van der Waals surface area contributed by atoms with Gasteiger partial charge in [-0.3, -0.25) is 0 Å². The van der Waals surface area contributed by atoms with Crippen LogP contribution in [0.4, 0.5) is 4.39 Å². The highest BCUT2D eigenvalue weighted by Crippen LogP contribution is 2.22. The minimum atomic E-state index is -0.309. The van der Waals surface area contributed by atoms with Crippen molar-refractivity contribution in [2.75, 3.05) is 13.6 Å². The van der Waals surface area contributed by atoms with E-state index in [4.69, 9.17) is 4.52 Å². The highest BCUT2D eigenvalue weighted by atomic mass is 19.1. The second kappa shape index (κ2) is 5.05. The van der Waals surface area contributed by atoms with Gasteiger partial charge >= 0.3 is 0 Å². The minimum Gasteiger partial charge on any atom is -0.334 e. The summed E-state index contributed by atoms with van der Waals surface area (Å²) in [5, 5.41) is 6.80. The van der Waals surface area contributed by atoms with Crippen molar-refractivity contribution in [2.24, 2.45) is 0 Å². The van der Waals surface area contributed by atoms with E-state index in [0.717, 1.165) is 6.54 Å². The zero-order valence-corrected chi connectivity index (χ0v) is 9.83. The normalized spacial score (nSPS) is 10.8. The Kier molecular flexibility index (Phi) is 3.49. The van der Waals surface area contributed by atoms with Crippen LogP contribution in [0.5, 0.6) is 0 Å². The summed E-state index contributed by atoms with van der Waals surface area (Å²) in [6.07, 6.45) is 0.660. The van der Waals surface area contributed by atoms with Gasteiger partial charge in [-0.25, -0.2) is 4.39 Å². The first-order valence-corrected chi connectivity index (χ1v) is 5.45. The average Bonchev–Trinajstić information content (AvgIpc) is 2.78. The number of aromatic nitrogens is 2. The van der Waals surface area contributed by atoms with Gasteiger partial charge in [0.15, 0.2) is 5.82 Å². The van der Waals surface area contributed by atoms with Crippen LogP contribution >= 0.6 is 0 Å². The summed E-state index contributed by atoms with van der Waals surface area (Å²) in [5.41, 5.74) is 0.922. The fourth-order valence-electron chi connectivity index (χ4n) is 1.51. The highest BCUT2D eigenvalue weighted by Gasteiger charge is 2.13. The Morgan fingerprint density at radius 1 is 1.41 bits per heavy atom. The molecule has 0 bridgehead atoms. The van der Waals surface area contributed by atoms with E-state index in [9.17, 15) is 4.39 Å². The Morgan fingerprint density at radius 3 is 3.00 bits per heavy atom. The van der Waals surface area contributed by atoms with Crippen LogP contribution in [0, 0.1) is 12.7 Å². The highest BCUT2D eigenvalue weighted by molar-refractivity contribution is 5.55. The lowest BCUT2D eigenvalue weighted by molar-refractivity contribution is 0.419. The van der Waals surface area contributed by atoms with Crippen molar-refractivity contribution in [3.05, 3.63) is 35.4 Å². The molecule has 0 unspecified atom stereocenters. The standard InChI is InChI=1S/C12H14FN3O/c1-8-4-3-5-9(11(8)13)12-15-10(16-17-12)6-7-14-2/h3-5,14H,6-7H2,1-2H3. The second-order valence-electron chi connectivity index (χ2n) is 3.81. The number of hydrogen-bond acceptors (Lipinski definition) is 4. The van der Waals surface area contributed by atoms with Crippen molar-refractivity contribution in [1.82, 2.24) is 15.5 Å². The van der Waals surface area contributed by atoms with Crippen LogP contribution in [-0.4, -0.2) is 23.7 Å². The molecule has 0 spiro atoms. The first-order valence-electron chi connectivity index (χ1n) is 5.45. The molecule has 1 aromatic heterocycles. The van der Waals surface area contributed by atoms with Crippen molar-refractivity contribution in [2.45, 2.75) is 13.3 Å². The van der Waals surface area contributed by atoms with E-state index in [1.165, 1.54) is 0 Å². The number of hydrogen-bond donors (Lipinski definition) is 1. The summed E-state index contributed by atoms with van der Waals surface area (Å²) < 4.78 is 18.9. The Labute approximate surface area is 98.8 Å². The van der Waals surface area contributed by atoms with E-state index >= 15 is 0 Å². The van der Waals surface area contributed by atoms with Gasteiger partial charge in [0.1, 0.15) is 5.82 Å². The number of likely N-dealkylation sites (N-methyl/N-ethyl adjacent to an activating group) is 1. The largest absolute Gasteiger partial charge is 0.334 e. The average molecular weight is 235 g/mol. The van der Waals surface area contributed by atoms with Crippen LogP contribution in [0.1, 0.15) is 11.4 Å². The van der Waals surface area contributed by atoms with Crippen molar-refractivity contribution in [3.63, 3.8) is 0 Å². The lowest BCUT2D eigenvalue weighted by atomic mass is 10.1. The van der Waals surface area contributed by atoms with Crippen molar-refractivity contribution >= 4 is 0 Å². The molecule has 0 fully saturated rings. The van der Waals surface area contributed by atoms with Gasteiger partial charge in [-0.1, -0.05) is 17.3 Å². The number of nitrogens with one attached hydrogen (secondary N) is 1. The summed E-state index contributed by atoms with van der Waals surface area (Å²) >= 11 is 0. The summed E-state index contributed by atoms with van der Waals surface area (Å²) in [6.45, 7) is 2.46. The SMILES string of the molecule is CNCCc1noc(-c2cccc(C)c2F)n1. The molecule has 5 heteroatoms. The molecule has 0 aliphatic rings. The topological polar surface area (TPSA) is 51.0 Å². The molecule has 0 aliphatic heterocycles. The van der Waals surface area contributed by atoms with Crippen LogP contribution in [0.15, 0.2) is 22.7 Å². The van der Waals surface area contributed by atoms with Crippen molar-refractivity contribution < 1.29 is 8.91 Å². The fraction of sp³-hybridized carbons (Fsp3) is 0.333. The number of halogens is 1. The lowest BCUT2D eigenvalue weighted by Crippen LogP contribution is -2.11. The van der Waals surface area contributed by atoms with Gasteiger partial charge in [-0.2, -0.15) is 4.98 Å².